The Morgan fingerprint density at radius 3 is 2.63 bits per heavy atom. The Labute approximate surface area is 169 Å². The number of imidazole rings is 1. The molecule has 0 radical (unpaired) electrons. The molecule has 1 amide bonds. The van der Waals surface area contributed by atoms with Gasteiger partial charge in [-0.05, 0) is 71.9 Å². The number of nitrogens with zero attached hydrogens (tertiary/aromatic N) is 1. The van der Waals surface area contributed by atoms with Crippen molar-refractivity contribution >= 4 is 50.2 Å². The van der Waals surface area contributed by atoms with Gasteiger partial charge >= 0.3 is 5.69 Å². The van der Waals surface area contributed by atoms with Crippen LogP contribution < -0.4 is 11.0 Å². The number of hydrogen-bond acceptors (Lipinski definition) is 2. The van der Waals surface area contributed by atoms with Crippen LogP contribution in [-0.4, -0.2) is 15.5 Å². The highest BCUT2D eigenvalue weighted by Crippen LogP contribution is 2.34. The highest BCUT2D eigenvalue weighted by Gasteiger charge is 2.29. The number of carbonyl (C=O) groups is 1. The molecule has 27 heavy (non-hydrogen) atoms. The number of aromatic amines is 1. The number of amides is 1. The molecule has 1 saturated carbocycles. The molecule has 1 fully saturated rings. The molecule has 4 rings (SSSR count). The fraction of sp³-hybridized carbons (Fsp3) is 0.300. The van der Waals surface area contributed by atoms with Crippen LogP contribution in [0, 0.1) is 5.92 Å². The number of aromatic nitrogens is 2. The van der Waals surface area contributed by atoms with E-state index >= 15 is 0 Å². The molecule has 3 aromatic rings. The highest BCUT2D eigenvalue weighted by atomic mass is 79.9. The Morgan fingerprint density at radius 1 is 1.15 bits per heavy atom. The summed E-state index contributed by atoms with van der Waals surface area (Å²) >= 11 is 9.46. The third kappa shape index (κ3) is 3.69. The Balaban J connectivity index is 1.46. The predicted molar refractivity (Wildman–Crippen MR) is 111 cm³/mol. The van der Waals surface area contributed by atoms with Gasteiger partial charge in [0.1, 0.15) is 0 Å². The third-order valence-electron chi connectivity index (χ3n) is 5.23. The fourth-order valence-electron chi connectivity index (χ4n) is 3.88. The molecule has 1 aromatic heterocycles. The van der Waals surface area contributed by atoms with Crippen LogP contribution in [0.2, 0.25) is 5.02 Å². The van der Waals surface area contributed by atoms with Crippen molar-refractivity contribution in [2.24, 2.45) is 5.92 Å². The first-order valence-corrected chi connectivity index (χ1v) is 10.1. The van der Waals surface area contributed by atoms with Crippen LogP contribution in [0.15, 0.2) is 51.7 Å². The summed E-state index contributed by atoms with van der Waals surface area (Å²) in [6.07, 6.45) is 3.11. The molecular formula is C20H19BrClN3O2. The number of benzene rings is 2. The summed E-state index contributed by atoms with van der Waals surface area (Å²) in [5.74, 6) is -0.0300. The van der Waals surface area contributed by atoms with E-state index in [2.05, 4.69) is 26.2 Å². The summed E-state index contributed by atoms with van der Waals surface area (Å²) in [4.78, 5) is 28.0. The van der Waals surface area contributed by atoms with Gasteiger partial charge in [0.15, 0.2) is 0 Å². The van der Waals surface area contributed by atoms with Gasteiger partial charge in [-0.15, -0.1) is 0 Å². The van der Waals surface area contributed by atoms with Crippen molar-refractivity contribution in [3.05, 3.63) is 62.4 Å². The molecule has 0 bridgehead atoms. The number of carbonyl (C=O) groups excluding carboxylic acids is 1. The van der Waals surface area contributed by atoms with Crippen LogP contribution in [0.1, 0.15) is 31.7 Å². The standard InChI is InChI=1S/C20H19BrClN3O2/c21-16-5-2-6-17-18(16)24-20(27)25(17)15-9-7-12(8-10-15)19(26)23-14-4-1-3-13(22)11-14/h1-6,11-12,15H,7-10H2,(H,23,26)(H,24,27)/t12-,15+. The molecule has 1 aliphatic carbocycles. The molecule has 140 valence electrons. The van der Waals surface area contributed by atoms with Gasteiger partial charge in [-0.1, -0.05) is 23.7 Å². The van der Waals surface area contributed by atoms with Gasteiger partial charge in [-0.2, -0.15) is 0 Å². The van der Waals surface area contributed by atoms with Crippen LogP contribution >= 0.6 is 27.5 Å². The Kier molecular flexibility index (Phi) is 5.10. The van der Waals surface area contributed by atoms with Crippen molar-refractivity contribution in [3.63, 3.8) is 0 Å². The van der Waals surface area contributed by atoms with Crippen LogP contribution in [-0.2, 0) is 4.79 Å². The number of halogens is 2. The number of hydrogen-bond donors (Lipinski definition) is 2. The molecule has 0 spiro atoms. The van der Waals surface area contributed by atoms with Gasteiger partial charge in [0.2, 0.25) is 5.91 Å². The zero-order valence-corrected chi connectivity index (χ0v) is 16.9. The average molecular weight is 449 g/mol. The van der Waals surface area contributed by atoms with Crippen LogP contribution in [0.25, 0.3) is 11.0 Å². The number of para-hydroxylation sites is 1. The van der Waals surface area contributed by atoms with E-state index in [4.69, 9.17) is 11.6 Å². The SMILES string of the molecule is O=c1[nH]c2c(Br)cccc2n1[C@H]1CC[C@@H](C(=O)Nc2cccc(Cl)c2)CC1. The first-order chi connectivity index (χ1) is 13.0. The van der Waals surface area contributed by atoms with E-state index in [0.29, 0.717) is 10.7 Å². The minimum absolute atomic E-state index is 0.0183. The van der Waals surface area contributed by atoms with Crippen molar-refractivity contribution in [1.29, 1.82) is 0 Å². The average Bonchev–Trinajstić information content (AvgIpc) is 2.99. The molecule has 0 aliphatic heterocycles. The summed E-state index contributed by atoms with van der Waals surface area (Å²) in [5.41, 5.74) is 2.35. The van der Waals surface area contributed by atoms with Crippen LogP contribution in [0.4, 0.5) is 5.69 Å². The van der Waals surface area contributed by atoms with Crippen molar-refractivity contribution in [3.8, 4) is 0 Å². The zero-order chi connectivity index (χ0) is 19.0. The molecule has 1 heterocycles. The van der Waals surface area contributed by atoms with Gasteiger partial charge < -0.3 is 10.3 Å². The molecule has 1 aliphatic rings. The maximum atomic E-state index is 12.6. The first kappa shape index (κ1) is 18.3. The Morgan fingerprint density at radius 2 is 1.89 bits per heavy atom. The minimum atomic E-state index is -0.0938. The molecular weight excluding hydrogens is 430 g/mol. The lowest BCUT2D eigenvalue weighted by molar-refractivity contribution is -0.121. The van der Waals surface area contributed by atoms with E-state index < -0.39 is 0 Å². The predicted octanol–water partition coefficient (Wildman–Crippen LogP) is 5.12. The fourth-order valence-corrected chi connectivity index (χ4v) is 4.53. The molecule has 0 unspecified atom stereocenters. The molecule has 2 N–H and O–H groups in total. The van der Waals surface area contributed by atoms with E-state index in [0.717, 1.165) is 41.2 Å². The van der Waals surface area contributed by atoms with Crippen molar-refractivity contribution in [2.45, 2.75) is 31.7 Å². The number of fused-ring (bicyclic) bond motifs is 1. The van der Waals surface area contributed by atoms with E-state index in [9.17, 15) is 9.59 Å². The van der Waals surface area contributed by atoms with Crippen molar-refractivity contribution in [1.82, 2.24) is 9.55 Å². The van der Waals surface area contributed by atoms with Crippen molar-refractivity contribution in [2.75, 3.05) is 5.32 Å². The molecule has 0 atom stereocenters. The molecule has 5 nitrogen and oxygen atoms in total. The number of rotatable bonds is 3. The summed E-state index contributed by atoms with van der Waals surface area (Å²) < 4.78 is 2.72. The lowest BCUT2D eigenvalue weighted by Crippen LogP contribution is -2.31. The Bertz CT molecular complexity index is 1050. The monoisotopic (exact) mass is 447 g/mol. The molecule has 2 aromatic carbocycles. The van der Waals surface area contributed by atoms with Gasteiger partial charge in [0, 0.05) is 27.1 Å². The zero-order valence-electron chi connectivity index (χ0n) is 14.5. The van der Waals surface area contributed by atoms with Crippen molar-refractivity contribution < 1.29 is 4.79 Å². The second kappa shape index (κ2) is 7.52. The summed E-state index contributed by atoms with van der Waals surface area (Å²) in [5, 5.41) is 3.54. The maximum absolute atomic E-state index is 12.6. The Hall–Kier alpha value is -2.05. The van der Waals surface area contributed by atoms with Gasteiger partial charge in [0.05, 0.1) is 11.0 Å². The smallest absolute Gasteiger partial charge is 0.326 e. The maximum Gasteiger partial charge on any atom is 0.326 e. The van der Waals surface area contributed by atoms with Crippen LogP contribution in [0.5, 0.6) is 0 Å². The minimum Gasteiger partial charge on any atom is -0.326 e. The summed E-state index contributed by atoms with van der Waals surface area (Å²) in [7, 11) is 0. The second-order valence-electron chi connectivity index (χ2n) is 6.94. The number of nitrogens with one attached hydrogen (secondary N) is 2. The summed E-state index contributed by atoms with van der Waals surface area (Å²) in [6.45, 7) is 0. The van der Waals surface area contributed by atoms with E-state index in [1.165, 1.54) is 0 Å². The lowest BCUT2D eigenvalue weighted by Gasteiger charge is -2.28. The number of H-pyrrole nitrogens is 1. The largest absolute Gasteiger partial charge is 0.326 e. The van der Waals surface area contributed by atoms with Gasteiger partial charge in [0.25, 0.3) is 0 Å². The first-order valence-electron chi connectivity index (χ1n) is 8.98. The third-order valence-corrected chi connectivity index (χ3v) is 6.12. The summed E-state index contributed by atoms with van der Waals surface area (Å²) in [6, 6.07) is 13.1. The normalized spacial score (nSPS) is 19.9. The van der Waals surface area contributed by atoms with Gasteiger partial charge in [-0.25, -0.2) is 4.79 Å². The van der Waals surface area contributed by atoms with Gasteiger partial charge in [-0.3, -0.25) is 9.36 Å². The van der Waals surface area contributed by atoms with Crippen LogP contribution in [0.3, 0.4) is 0 Å². The van der Waals surface area contributed by atoms with E-state index in [-0.39, 0.29) is 23.6 Å². The lowest BCUT2D eigenvalue weighted by atomic mass is 9.85. The van der Waals surface area contributed by atoms with E-state index in [1.54, 1.807) is 12.1 Å². The second-order valence-corrected chi connectivity index (χ2v) is 8.23. The number of anilines is 1. The highest BCUT2D eigenvalue weighted by molar-refractivity contribution is 9.10. The topological polar surface area (TPSA) is 66.9 Å². The quantitative estimate of drug-likeness (QED) is 0.584. The van der Waals surface area contributed by atoms with E-state index in [1.807, 2.05) is 34.9 Å². The molecule has 7 heteroatoms. The molecule has 0 saturated heterocycles.